The zero-order valence-corrected chi connectivity index (χ0v) is 21.2. The van der Waals surface area contributed by atoms with E-state index in [1.807, 2.05) is 13.8 Å². The van der Waals surface area contributed by atoms with Crippen LogP contribution in [0, 0.1) is 38.5 Å². The first-order valence-electron chi connectivity index (χ1n) is 12.5. The molecule has 2 rings (SSSR count). The molecule has 2 heteroatoms. The summed E-state index contributed by atoms with van der Waals surface area (Å²) in [6.07, 6.45) is 12.6. The van der Waals surface area contributed by atoms with Crippen molar-refractivity contribution in [2.24, 2.45) is 17.8 Å². The molecule has 1 aromatic carbocycles. The van der Waals surface area contributed by atoms with Crippen molar-refractivity contribution in [1.82, 2.24) is 0 Å². The molecule has 1 aliphatic rings. The van der Waals surface area contributed by atoms with Crippen LogP contribution in [-0.2, 0) is 6.42 Å². The number of hydrogen-bond donors (Lipinski definition) is 1. The summed E-state index contributed by atoms with van der Waals surface area (Å²) in [6, 6.07) is 0. The van der Waals surface area contributed by atoms with E-state index in [4.69, 9.17) is 4.74 Å². The molecule has 0 radical (unpaired) electrons. The quantitative estimate of drug-likeness (QED) is 0.392. The van der Waals surface area contributed by atoms with Crippen molar-refractivity contribution in [3.8, 4) is 11.5 Å². The highest BCUT2D eigenvalue weighted by Gasteiger charge is 2.34. The lowest BCUT2D eigenvalue weighted by atomic mass is 9.84. The Morgan fingerprint density at radius 2 is 1.43 bits per heavy atom. The average molecular weight is 417 g/mol. The summed E-state index contributed by atoms with van der Waals surface area (Å²) < 4.78 is 6.60. The predicted octanol–water partition coefficient (Wildman–Crippen LogP) is 8.45. The summed E-state index contributed by atoms with van der Waals surface area (Å²) in [6.45, 7) is 17.9. The number of benzene rings is 1. The van der Waals surface area contributed by atoms with Gasteiger partial charge in [0.05, 0.1) is 0 Å². The third-order valence-corrected chi connectivity index (χ3v) is 7.63. The van der Waals surface area contributed by atoms with Gasteiger partial charge in [0.25, 0.3) is 0 Å². The monoisotopic (exact) mass is 416 g/mol. The molecule has 1 N–H and O–H groups in total. The molecule has 0 bridgehead atoms. The Kier molecular flexibility index (Phi) is 9.13. The van der Waals surface area contributed by atoms with Gasteiger partial charge in [0.2, 0.25) is 0 Å². The van der Waals surface area contributed by atoms with E-state index in [-0.39, 0.29) is 5.60 Å². The van der Waals surface area contributed by atoms with E-state index in [0.29, 0.717) is 5.75 Å². The lowest BCUT2D eigenvalue weighted by molar-refractivity contribution is 0.0512. The van der Waals surface area contributed by atoms with E-state index in [1.54, 1.807) is 0 Å². The van der Waals surface area contributed by atoms with Crippen LogP contribution in [0.1, 0.15) is 115 Å². The summed E-state index contributed by atoms with van der Waals surface area (Å²) in [7, 11) is 0. The van der Waals surface area contributed by atoms with Crippen LogP contribution < -0.4 is 4.74 Å². The Bertz CT molecular complexity index is 691. The van der Waals surface area contributed by atoms with Crippen molar-refractivity contribution in [2.45, 2.75) is 125 Å². The molecular weight excluding hydrogens is 368 g/mol. The zero-order chi connectivity index (χ0) is 22.5. The Hall–Kier alpha value is -1.18. The molecule has 30 heavy (non-hydrogen) atoms. The predicted molar refractivity (Wildman–Crippen MR) is 130 cm³/mol. The third-order valence-electron chi connectivity index (χ3n) is 7.63. The van der Waals surface area contributed by atoms with Gasteiger partial charge in [0, 0.05) is 5.56 Å². The van der Waals surface area contributed by atoms with E-state index in [1.165, 1.54) is 50.5 Å². The van der Waals surface area contributed by atoms with Gasteiger partial charge >= 0.3 is 0 Å². The molecule has 0 aromatic heterocycles. The molecular formula is C28H48O2. The number of phenolic OH excluding ortho intramolecular Hbond substituents is 1. The molecule has 3 unspecified atom stereocenters. The van der Waals surface area contributed by atoms with E-state index < -0.39 is 0 Å². The number of rotatable bonds is 11. The first-order valence-corrected chi connectivity index (χ1v) is 12.5. The molecule has 1 aromatic rings. The lowest BCUT2D eigenvalue weighted by Gasteiger charge is -2.38. The van der Waals surface area contributed by atoms with Gasteiger partial charge < -0.3 is 9.84 Å². The van der Waals surface area contributed by atoms with Gasteiger partial charge in [-0.3, -0.25) is 0 Å². The largest absolute Gasteiger partial charge is 0.507 e. The first kappa shape index (κ1) is 25.1. The maximum atomic E-state index is 10.4. The summed E-state index contributed by atoms with van der Waals surface area (Å²) in [5, 5.41) is 10.4. The second-order valence-electron chi connectivity index (χ2n) is 11.1. The SMILES string of the molecule is Cc1c(C)c2c(c(C)c1O)CCC(C)(CCCC(C)CCCC(C)CCC(C)C)O2. The van der Waals surface area contributed by atoms with Crippen LogP contribution in [0.3, 0.4) is 0 Å². The highest BCUT2D eigenvalue weighted by molar-refractivity contribution is 5.58. The molecule has 0 fully saturated rings. The fourth-order valence-corrected chi connectivity index (χ4v) is 5.02. The Balaban J connectivity index is 1.78. The highest BCUT2D eigenvalue weighted by atomic mass is 16.5. The third kappa shape index (κ3) is 6.66. The van der Waals surface area contributed by atoms with Crippen LogP contribution in [0.15, 0.2) is 0 Å². The summed E-state index contributed by atoms with van der Waals surface area (Å²) in [5.41, 5.74) is 4.23. The van der Waals surface area contributed by atoms with E-state index in [9.17, 15) is 5.11 Å². The minimum atomic E-state index is -0.0707. The average Bonchev–Trinajstić information content (AvgIpc) is 2.69. The zero-order valence-electron chi connectivity index (χ0n) is 21.2. The molecule has 0 amide bonds. The lowest BCUT2D eigenvalue weighted by Crippen LogP contribution is -2.37. The van der Waals surface area contributed by atoms with E-state index >= 15 is 0 Å². The number of fused-ring (bicyclic) bond motifs is 1. The smallest absolute Gasteiger partial charge is 0.127 e. The minimum absolute atomic E-state index is 0.0707. The van der Waals surface area contributed by atoms with Crippen LogP contribution in [-0.4, -0.2) is 10.7 Å². The summed E-state index contributed by atoms with van der Waals surface area (Å²) in [4.78, 5) is 0. The topological polar surface area (TPSA) is 29.5 Å². The molecule has 3 atom stereocenters. The van der Waals surface area contributed by atoms with Gasteiger partial charge in [-0.2, -0.15) is 0 Å². The number of hydrogen-bond acceptors (Lipinski definition) is 2. The highest BCUT2D eigenvalue weighted by Crippen LogP contribution is 2.44. The van der Waals surface area contributed by atoms with Crippen LogP contribution in [0.25, 0.3) is 0 Å². The van der Waals surface area contributed by atoms with Crippen molar-refractivity contribution in [3.63, 3.8) is 0 Å². The maximum Gasteiger partial charge on any atom is 0.127 e. The van der Waals surface area contributed by atoms with Crippen LogP contribution in [0.2, 0.25) is 0 Å². The van der Waals surface area contributed by atoms with Gasteiger partial charge in [-0.15, -0.1) is 0 Å². The van der Waals surface area contributed by atoms with E-state index in [0.717, 1.165) is 59.5 Å². The second kappa shape index (κ2) is 10.9. The summed E-state index contributed by atoms with van der Waals surface area (Å²) >= 11 is 0. The van der Waals surface area contributed by atoms with Crippen molar-refractivity contribution in [3.05, 3.63) is 22.3 Å². The molecule has 0 aliphatic carbocycles. The first-order chi connectivity index (χ1) is 14.0. The van der Waals surface area contributed by atoms with Gasteiger partial charge in [0.1, 0.15) is 17.1 Å². The number of ether oxygens (including phenoxy) is 1. The minimum Gasteiger partial charge on any atom is -0.507 e. The molecule has 0 saturated carbocycles. The molecule has 1 heterocycles. The fraction of sp³-hybridized carbons (Fsp3) is 0.786. The molecule has 2 nitrogen and oxygen atoms in total. The maximum absolute atomic E-state index is 10.4. The van der Waals surface area contributed by atoms with Gasteiger partial charge in [-0.05, 0) is 87.8 Å². The molecule has 0 saturated heterocycles. The fourth-order valence-electron chi connectivity index (χ4n) is 5.02. The Morgan fingerprint density at radius 1 is 0.833 bits per heavy atom. The van der Waals surface area contributed by atoms with Crippen molar-refractivity contribution >= 4 is 0 Å². The number of phenols is 1. The van der Waals surface area contributed by atoms with Crippen molar-refractivity contribution < 1.29 is 9.84 Å². The second-order valence-corrected chi connectivity index (χ2v) is 11.1. The normalized spacial score (nSPS) is 20.7. The van der Waals surface area contributed by atoms with Crippen molar-refractivity contribution in [1.29, 1.82) is 0 Å². The van der Waals surface area contributed by atoms with Gasteiger partial charge in [-0.1, -0.05) is 66.2 Å². The van der Waals surface area contributed by atoms with Crippen LogP contribution >= 0.6 is 0 Å². The standard InChI is InChI=1S/C28H48O2/c1-19(2)14-15-21(4)12-9-11-20(3)13-10-17-28(8)18-16-25-24(7)26(29)22(5)23(6)27(25)30-28/h19-21,29H,9-18H2,1-8H3. The molecule has 0 spiro atoms. The molecule has 172 valence electrons. The number of aromatic hydroxyl groups is 1. The summed E-state index contributed by atoms with van der Waals surface area (Å²) in [5.74, 6) is 4.02. The van der Waals surface area contributed by atoms with Crippen LogP contribution in [0.4, 0.5) is 0 Å². The van der Waals surface area contributed by atoms with Gasteiger partial charge in [-0.25, -0.2) is 0 Å². The van der Waals surface area contributed by atoms with E-state index in [2.05, 4.69) is 41.5 Å². The van der Waals surface area contributed by atoms with Crippen LogP contribution in [0.5, 0.6) is 11.5 Å². The molecule has 1 aliphatic heterocycles. The Labute approximate surface area is 186 Å². The Morgan fingerprint density at radius 3 is 2.07 bits per heavy atom. The van der Waals surface area contributed by atoms with Crippen molar-refractivity contribution in [2.75, 3.05) is 0 Å². The van der Waals surface area contributed by atoms with Gasteiger partial charge in [0.15, 0.2) is 0 Å².